The average molecular weight is 840 g/mol. The van der Waals surface area contributed by atoms with E-state index in [0.717, 1.165) is 104 Å². The second-order valence-corrected chi connectivity index (χ2v) is 19.6. The van der Waals surface area contributed by atoms with Crippen LogP contribution in [0.4, 0.5) is 0 Å². The molecular formula is C54H65NO7. The van der Waals surface area contributed by atoms with E-state index in [1.54, 1.807) is 12.1 Å². The number of unbranched alkanes of at least 4 members (excludes halogenated alkanes) is 2. The van der Waals surface area contributed by atoms with Crippen molar-refractivity contribution in [3.05, 3.63) is 123 Å². The van der Waals surface area contributed by atoms with Crippen LogP contribution in [0.5, 0.6) is 5.75 Å². The third kappa shape index (κ3) is 8.80. The minimum Gasteiger partial charge on any atom is -0.508 e. The van der Waals surface area contributed by atoms with Gasteiger partial charge in [-0.05, 0) is 147 Å². The Balaban J connectivity index is 1.18. The van der Waals surface area contributed by atoms with Crippen LogP contribution in [-0.4, -0.2) is 51.3 Å². The molecule has 9 rings (SSSR count). The summed E-state index contributed by atoms with van der Waals surface area (Å²) >= 11 is 0. The van der Waals surface area contributed by atoms with Gasteiger partial charge in [-0.2, -0.15) is 0 Å². The van der Waals surface area contributed by atoms with Crippen LogP contribution in [-0.2, 0) is 31.6 Å². The Labute approximate surface area is 366 Å². The van der Waals surface area contributed by atoms with Crippen molar-refractivity contribution in [1.82, 2.24) is 0 Å². The number of phenolic OH excluding ortho intramolecular Hbond substituents is 1. The summed E-state index contributed by atoms with van der Waals surface area (Å²) in [5.74, 6) is -5.27. The highest BCUT2D eigenvalue weighted by molar-refractivity contribution is 5.74. The number of carbonyl (C=O) groups excluding carboxylic acids is 2. The number of carboxylic acid groups (broad SMARTS) is 1. The zero-order valence-corrected chi connectivity index (χ0v) is 36.0. The van der Waals surface area contributed by atoms with Crippen LogP contribution in [0.3, 0.4) is 0 Å². The first-order valence-electron chi connectivity index (χ1n) is 23.3. The number of hydrogen-bond acceptors (Lipinski definition) is 7. The lowest BCUT2D eigenvalue weighted by Gasteiger charge is -2.52. The average Bonchev–Trinajstić information content (AvgIpc) is 3.73. The van der Waals surface area contributed by atoms with Crippen molar-refractivity contribution in [1.29, 1.82) is 0 Å². The molecule has 8 nitrogen and oxygen atoms in total. The van der Waals surface area contributed by atoms with Crippen LogP contribution in [0.15, 0.2) is 96.1 Å². The van der Waals surface area contributed by atoms with Crippen LogP contribution < -0.4 is 16.2 Å². The monoisotopic (exact) mass is 839 g/mol. The first-order valence-corrected chi connectivity index (χ1v) is 23.3. The maximum Gasteiger partial charge on any atom is 0.308 e. The molecule has 8 heteroatoms. The summed E-state index contributed by atoms with van der Waals surface area (Å²) in [6.45, 7) is 0.634. The second-order valence-electron chi connectivity index (χ2n) is 19.6. The molecule has 0 aliphatic heterocycles. The Hall–Kier alpha value is -4.63. The summed E-state index contributed by atoms with van der Waals surface area (Å²) in [5.41, 5.74) is 10.1. The summed E-state index contributed by atoms with van der Waals surface area (Å²) in [6, 6.07) is 24.4. The van der Waals surface area contributed by atoms with Crippen molar-refractivity contribution < 1.29 is 34.8 Å². The third-order valence-electron chi connectivity index (χ3n) is 16.1. The minimum atomic E-state index is -2.59. The number of allylic oxidation sites excluding steroid dienone is 2. The number of aliphatic hydroxyl groups is 2. The van der Waals surface area contributed by atoms with E-state index in [2.05, 4.69) is 54.6 Å². The Morgan fingerprint density at radius 2 is 1.61 bits per heavy atom. The molecule has 2 fully saturated rings. The van der Waals surface area contributed by atoms with Gasteiger partial charge in [0, 0.05) is 22.7 Å². The summed E-state index contributed by atoms with van der Waals surface area (Å²) < 4.78 is 0. The van der Waals surface area contributed by atoms with E-state index in [1.165, 1.54) is 10.8 Å². The molecule has 0 radical (unpaired) electrons. The number of rotatable bonds is 15. The lowest BCUT2D eigenvalue weighted by molar-refractivity contribution is -0.212. The number of nitrogens with two attached hydrogens (primary N) is 1. The van der Waals surface area contributed by atoms with Crippen molar-refractivity contribution >= 4 is 30.7 Å². The van der Waals surface area contributed by atoms with Crippen LogP contribution in [0.25, 0.3) is 12.2 Å². The lowest BCUT2D eigenvalue weighted by atomic mass is 9.52. The van der Waals surface area contributed by atoms with E-state index in [9.17, 15) is 34.8 Å². The van der Waals surface area contributed by atoms with Crippen LogP contribution in [0.2, 0.25) is 0 Å². The fourth-order valence-electron chi connectivity index (χ4n) is 12.9. The fourth-order valence-corrected chi connectivity index (χ4v) is 12.9. The number of benzene rings is 3. The molecule has 6 aliphatic rings. The van der Waals surface area contributed by atoms with Crippen molar-refractivity contribution in [3.8, 4) is 5.75 Å². The van der Waals surface area contributed by atoms with E-state index in [1.807, 2.05) is 30.3 Å². The molecule has 6 aliphatic carbocycles. The number of carbonyl (C=O) groups is 3. The van der Waals surface area contributed by atoms with Crippen LogP contribution in [0, 0.1) is 41.4 Å². The number of carboxylic acids is 1. The third-order valence-corrected chi connectivity index (χ3v) is 16.1. The molecular weight excluding hydrogens is 775 g/mol. The Morgan fingerprint density at radius 3 is 2.34 bits per heavy atom. The van der Waals surface area contributed by atoms with Crippen LogP contribution in [0.1, 0.15) is 113 Å². The van der Waals surface area contributed by atoms with Gasteiger partial charge in [0.2, 0.25) is 0 Å². The van der Waals surface area contributed by atoms with Gasteiger partial charge < -0.3 is 35.7 Å². The highest BCUT2D eigenvalue weighted by Gasteiger charge is 2.57. The Bertz CT molecular complexity index is 2290. The molecule has 3 aromatic carbocycles. The normalized spacial score (nSPS) is 29.7. The lowest BCUT2D eigenvalue weighted by Crippen LogP contribution is -2.55. The summed E-state index contributed by atoms with van der Waals surface area (Å²) in [5, 5.41) is 48.3. The Kier molecular flexibility index (Phi) is 13.2. The number of aromatic hydroxyl groups is 1. The number of hydrogen-bond donors (Lipinski definition) is 5. The standard InChI is InChI=1S/C54H65NO7/c55-25-21-36-13-14-41(27-36)43(35-57)10-2-1-3-11-46-28-37-19-22-52(46,45-15-17-48(58)18-16-45)33-38-7-6-12-47(29-38)53(50(51(59)60)49(30-37)54(61,62)24-26-56)23-20-42-31-39-8-4-5-9-40(39)32-44(42)34-53/h4-9,12,15-18,26-27,29-32,35,41-44,46,49-50,58,61-62H,1-3,10-11,13-14,19-25,28,33-34,55H2,(H,59,60). The van der Waals surface area contributed by atoms with Gasteiger partial charge in [-0.15, -0.1) is 0 Å². The molecule has 0 amide bonds. The molecule has 328 valence electrons. The second kappa shape index (κ2) is 18.6. The molecule has 2 saturated carbocycles. The molecule has 6 N–H and O–H groups in total. The van der Waals surface area contributed by atoms with Gasteiger partial charge in [-0.1, -0.05) is 115 Å². The largest absolute Gasteiger partial charge is 0.508 e. The molecule has 4 bridgehead atoms. The van der Waals surface area contributed by atoms with E-state index in [4.69, 9.17) is 5.73 Å². The van der Waals surface area contributed by atoms with Crippen LogP contribution >= 0.6 is 0 Å². The Morgan fingerprint density at radius 1 is 0.839 bits per heavy atom. The maximum atomic E-state index is 14.1. The fraction of sp³-hybridized carbons (Fsp3) is 0.500. The predicted octanol–water partition coefficient (Wildman–Crippen LogP) is 7.58. The van der Waals surface area contributed by atoms with E-state index < -0.39 is 35.4 Å². The number of phenols is 1. The zero-order chi connectivity index (χ0) is 43.5. The van der Waals surface area contributed by atoms with E-state index >= 15 is 0 Å². The molecule has 0 heterocycles. The molecule has 3 aromatic rings. The van der Waals surface area contributed by atoms with E-state index in [0.29, 0.717) is 38.5 Å². The van der Waals surface area contributed by atoms with Crippen molar-refractivity contribution in [2.24, 2.45) is 47.2 Å². The van der Waals surface area contributed by atoms with Crippen molar-refractivity contribution in [2.45, 2.75) is 119 Å². The van der Waals surface area contributed by atoms with Gasteiger partial charge in [0.15, 0.2) is 5.79 Å². The molecule has 1 spiro atoms. The van der Waals surface area contributed by atoms with Gasteiger partial charge in [-0.3, -0.25) is 4.79 Å². The first-order chi connectivity index (χ1) is 30.0. The summed E-state index contributed by atoms with van der Waals surface area (Å²) in [7, 11) is 0. The minimum absolute atomic E-state index is 0.00870. The van der Waals surface area contributed by atoms with Crippen molar-refractivity contribution in [2.75, 3.05) is 6.54 Å². The van der Waals surface area contributed by atoms with Gasteiger partial charge in [0.1, 0.15) is 18.3 Å². The molecule has 62 heavy (non-hydrogen) atoms. The van der Waals surface area contributed by atoms with Gasteiger partial charge in [0.25, 0.3) is 0 Å². The molecule has 0 aromatic heterocycles. The van der Waals surface area contributed by atoms with Crippen molar-refractivity contribution in [3.63, 3.8) is 0 Å². The molecule has 9 unspecified atom stereocenters. The highest BCUT2D eigenvalue weighted by Crippen LogP contribution is 2.57. The first kappa shape index (κ1) is 44.0. The molecule has 9 atom stereocenters. The maximum absolute atomic E-state index is 14.1. The predicted molar refractivity (Wildman–Crippen MR) is 242 cm³/mol. The topological polar surface area (TPSA) is 158 Å². The van der Waals surface area contributed by atoms with E-state index in [-0.39, 0.29) is 40.8 Å². The molecule has 0 saturated heterocycles. The number of fused-ring (bicyclic) bond motifs is 6. The SMILES string of the molecule is NCCC1=CC(C(C=O)CCCCCC2CC3=CC(C(O)(O)CC=O)C(C(=O)O)C4(CCC5C=c6ccccc6=CC5C4)c4cccc(c4)CC2(c2ccc(O)cc2)CC3)CC1. The zero-order valence-electron chi connectivity index (χ0n) is 36.0. The number of aliphatic carboxylic acids is 1. The van der Waals surface area contributed by atoms with Gasteiger partial charge in [0.05, 0.1) is 12.3 Å². The summed E-state index contributed by atoms with van der Waals surface area (Å²) in [4.78, 5) is 38.5. The quantitative estimate of drug-likeness (QED) is 0.0454. The van der Waals surface area contributed by atoms with Gasteiger partial charge >= 0.3 is 5.97 Å². The highest BCUT2D eigenvalue weighted by atomic mass is 16.5. The smallest absolute Gasteiger partial charge is 0.308 e. The summed E-state index contributed by atoms with van der Waals surface area (Å²) in [6.07, 6.45) is 21.9. The van der Waals surface area contributed by atoms with Gasteiger partial charge in [-0.25, -0.2) is 0 Å². The number of aldehydes is 2.